The molecule has 0 saturated heterocycles. The molecule has 1 N–H and O–H groups in total. The standard InChI is InChI=1S/C27H22N4O4/c1-15(2)28-25-23(31(33)34)27(20-14-8-10-17-9-7-13-19(21(17)20)24(27)32)22-16(3)29-30(26(22)35-25)18-11-5-4-6-12-18/h4-15,28H,1-3H3. The summed E-state index contributed by atoms with van der Waals surface area (Å²) in [6, 6.07) is 20.2. The summed E-state index contributed by atoms with van der Waals surface area (Å²) >= 11 is 0. The second kappa shape index (κ2) is 7.27. The topological polar surface area (TPSA) is 99.3 Å². The van der Waals surface area contributed by atoms with Crippen LogP contribution in [-0.2, 0) is 5.41 Å². The van der Waals surface area contributed by atoms with Gasteiger partial charge in [-0.1, -0.05) is 54.6 Å². The molecule has 174 valence electrons. The van der Waals surface area contributed by atoms with E-state index in [0.29, 0.717) is 28.3 Å². The summed E-state index contributed by atoms with van der Waals surface area (Å²) in [5, 5.41) is 22.2. The van der Waals surface area contributed by atoms with Crippen LogP contribution in [0.1, 0.15) is 41.0 Å². The van der Waals surface area contributed by atoms with Crippen molar-refractivity contribution in [3.8, 4) is 11.6 Å². The molecular weight excluding hydrogens is 444 g/mol. The third kappa shape index (κ3) is 2.67. The first-order chi connectivity index (χ1) is 16.9. The first kappa shape index (κ1) is 21.1. The molecule has 1 spiro atoms. The lowest BCUT2D eigenvalue weighted by molar-refractivity contribution is -0.436. The van der Waals surface area contributed by atoms with Crippen LogP contribution in [0.4, 0.5) is 0 Å². The van der Waals surface area contributed by atoms with E-state index >= 15 is 0 Å². The van der Waals surface area contributed by atoms with E-state index in [2.05, 4.69) is 5.32 Å². The van der Waals surface area contributed by atoms with Crippen LogP contribution >= 0.6 is 0 Å². The molecule has 4 aromatic rings. The Bertz CT molecular complexity index is 1580. The van der Waals surface area contributed by atoms with E-state index in [4.69, 9.17) is 9.84 Å². The van der Waals surface area contributed by atoms with Crippen LogP contribution in [0.25, 0.3) is 16.5 Å². The van der Waals surface area contributed by atoms with Crippen LogP contribution in [-0.4, -0.2) is 26.5 Å². The number of hydrogen-bond donors (Lipinski definition) is 1. The average molecular weight is 466 g/mol. The normalized spacial score (nSPS) is 18.3. The molecule has 3 aromatic carbocycles. The van der Waals surface area contributed by atoms with Gasteiger partial charge in [0.05, 0.1) is 21.9 Å². The Morgan fingerprint density at radius 2 is 1.77 bits per heavy atom. The van der Waals surface area contributed by atoms with E-state index < -0.39 is 10.3 Å². The number of aromatic nitrogens is 2. The fourth-order valence-electron chi connectivity index (χ4n) is 5.44. The smallest absolute Gasteiger partial charge is 0.328 e. The summed E-state index contributed by atoms with van der Waals surface area (Å²) < 4.78 is 7.84. The molecule has 0 fully saturated rings. The van der Waals surface area contributed by atoms with Gasteiger partial charge in [-0.15, -0.1) is 0 Å². The van der Waals surface area contributed by atoms with Crippen molar-refractivity contribution >= 4 is 16.6 Å². The van der Waals surface area contributed by atoms with E-state index in [9.17, 15) is 14.9 Å². The summed E-state index contributed by atoms with van der Waals surface area (Å²) in [4.78, 5) is 26.7. The van der Waals surface area contributed by atoms with Gasteiger partial charge in [-0.2, -0.15) is 5.10 Å². The minimum absolute atomic E-state index is 0.0484. The fourth-order valence-corrected chi connectivity index (χ4v) is 5.44. The molecule has 8 nitrogen and oxygen atoms in total. The van der Waals surface area contributed by atoms with Gasteiger partial charge in [-0.05, 0) is 49.2 Å². The number of Topliss-reactive ketones (excluding diaryl/α,β-unsaturated/α-hetero) is 1. The molecule has 1 aliphatic carbocycles. The molecule has 1 aliphatic heterocycles. The summed E-state index contributed by atoms with van der Waals surface area (Å²) in [6.07, 6.45) is 0. The molecule has 1 atom stereocenters. The van der Waals surface area contributed by atoms with Crippen LogP contribution in [0.15, 0.2) is 78.3 Å². The number of para-hydroxylation sites is 1. The van der Waals surface area contributed by atoms with Crippen molar-refractivity contribution in [2.45, 2.75) is 32.2 Å². The number of hydrogen-bond acceptors (Lipinski definition) is 6. The zero-order valence-corrected chi connectivity index (χ0v) is 19.4. The predicted octanol–water partition coefficient (Wildman–Crippen LogP) is 4.65. The van der Waals surface area contributed by atoms with Gasteiger partial charge in [0.25, 0.3) is 5.88 Å². The molecule has 1 unspecified atom stereocenters. The second-order valence-electron chi connectivity index (χ2n) is 9.14. The summed E-state index contributed by atoms with van der Waals surface area (Å²) in [5.74, 6) is -0.104. The molecule has 0 radical (unpaired) electrons. The van der Waals surface area contributed by atoms with E-state index in [1.165, 1.54) is 0 Å². The Morgan fingerprint density at radius 1 is 1.06 bits per heavy atom. The van der Waals surface area contributed by atoms with Crippen molar-refractivity contribution in [1.29, 1.82) is 0 Å². The molecule has 6 rings (SSSR count). The second-order valence-corrected chi connectivity index (χ2v) is 9.14. The van der Waals surface area contributed by atoms with Crippen LogP contribution in [0.2, 0.25) is 0 Å². The maximum atomic E-state index is 14.4. The lowest BCUT2D eigenvalue weighted by Gasteiger charge is -2.32. The molecule has 0 amide bonds. The number of ketones is 1. The number of carbonyl (C=O) groups is 1. The number of rotatable bonds is 4. The van der Waals surface area contributed by atoms with Crippen molar-refractivity contribution < 1.29 is 14.5 Å². The molecule has 8 heteroatoms. The van der Waals surface area contributed by atoms with Crippen molar-refractivity contribution in [3.63, 3.8) is 0 Å². The van der Waals surface area contributed by atoms with Crippen molar-refractivity contribution in [3.05, 3.63) is 111 Å². The van der Waals surface area contributed by atoms with Crippen LogP contribution in [0.5, 0.6) is 5.88 Å². The quantitative estimate of drug-likeness (QED) is 0.347. The monoisotopic (exact) mass is 466 g/mol. The minimum atomic E-state index is -1.70. The molecule has 0 saturated carbocycles. The Labute approximate surface area is 201 Å². The van der Waals surface area contributed by atoms with Crippen LogP contribution in [0, 0.1) is 17.0 Å². The molecule has 2 aliphatic rings. The lowest BCUT2D eigenvalue weighted by Crippen LogP contribution is -2.46. The largest absolute Gasteiger partial charge is 0.416 e. The number of benzene rings is 3. The molecule has 1 aromatic heterocycles. The Morgan fingerprint density at radius 3 is 2.46 bits per heavy atom. The van der Waals surface area contributed by atoms with Crippen molar-refractivity contribution in [1.82, 2.24) is 15.1 Å². The van der Waals surface area contributed by atoms with E-state index in [1.807, 2.05) is 74.5 Å². The Hall–Kier alpha value is -4.46. The number of aryl methyl sites for hydroxylation is 1. The highest BCUT2D eigenvalue weighted by Gasteiger charge is 2.64. The van der Waals surface area contributed by atoms with Gasteiger partial charge >= 0.3 is 5.70 Å². The van der Waals surface area contributed by atoms with E-state index in [1.54, 1.807) is 17.7 Å². The number of nitrogens with one attached hydrogen (secondary N) is 1. The van der Waals surface area contributed by atoms with Gasteiger partial charge in [-0.25, -0.2) is 4.68 Å². The first-order valence-electron chi connectivity index (χ1n) is 11.4. The number of nitro groups is 1. The SMILES string of the molecule is Cc1nn(-c2ccccc2)c2c1C1(C(=O)c3cccc4cccc1c34)C([N+](=O)[O-])=C(NC(C)C)O2. The van der Waals surface area contributed by atoms with Gasteiger partial charge in [0.2, 0.25) is 5.88 Å². The lowest BCUT2D eigenvalue weighted by atomic mass is 9.70. The van der Waals surface area contributed by atoms with Gasteiger partial charge in [0, 0.05) is 11.6 Å². The Balaban J connectivity index is 1.78. The third-order valence-corrected chi connectivity index (χ3v) is 6.66. The number of ether oxygens (including phenoxy) is 1. The van der Waals surface area contributed by atoms with Gasteiger partial charge < -0.3 is 10.1 Å². The first-order valence-corrected chi connectivity index (χ1v) is 11.4. The minimum Gasteiger partial charge on any atom is -0.416 e. The maximum absolute atomic E-state index is 14.4. The van der Waals surface area contributed by atoms with Gasteiger partial charge in [-0.3, -0.25) is 14.9 Å². The average Bonchev–Trinajstić information content (AvgIpc) is 3.29. The molecule has 35 heavy (non-hydrogen) atoms. The van der Waals surface area contributed by atoms with E-state index in [0.717, 1.165) is 16.5 Å². The van der Waals surface area contributed by atoms with Crippen LogP contribution in [0.3, 0.4) is 0 Å². The molecular formula is C27H22N4O4. The van der Waals surface area contributed by atoms with Gasteiger partial charge in [0.15, 0.2) is 11.2 Å². The molecule has 0 bridgehead atoms. The predicted molar refractivity (Wildman–Crippen MR) is 130 cm³/mol. The van der Waals surface area contributed by atoms with Crippen LogP contribution < -0.4 is 10.1 Å². The summed E-state index contributed by atoms with van der Waals surface area (Å²) in [5.41, 5.74) is 0.631. The zero-order valence-electron chi connectivity index (χ0n) is 19.4. The number of nitrogens with zero attached hydrogens (tertiary/aromatic N) is 3. The zero-order chi connectivity index (χ0) is 24.5. The summed E-state index contributed by atoms with van der Waals surface area (Å²) in [7, 11) is 0. The highest BCUT2D eigenvalue weighted by molar-refractivity contribution is 6.23. The number of allylic oxidation sites excluding steroid dienone is 1. The van der Waals surface area contributed by atoms with Crippen molar-refractivity contribution in [2.75, 3.05) is 0 Å². The third-order valence-electron chi connectivity index (χ3n) is 6.66. The molecule has 2 heterocycles. The fraction of sp³-hybridized carbons (Fsp3) is 0.185. The maximum Gasteiger partial charge on any atom is 0.328 e. The Kier molecular flexibility index (Phi) is 4.38. The summed E-state index contributed by atoms with van der Waals surface area (Å²) in [6.45, 7) is 5.49. The van der Waals surface area contributed by atoms with Gasteiger partial charge in [0.1, 0.15) is 0 Å². The van der Waals surface area contributed by atoms with E-state index in [-0.39, 0.29) is 23.4 Å². The highest BCUT2D eigenvalue weighted by Crippen LogP contribution is 2.57. The highest BCUT2D eigenvalue weighted by atomic mass is 16.6. The van der Waals surface area contributed by atoms with Crippen molar-refractivity contribution in [2.24, 2.45) is 0 Å². The number of carbonyl (C=O) groups excluding carboxylic acids is 1. The number of fused-ring (bicyclic) bond motifs is 3.